The van der Waals surface area contributed by atoms with Crippen molar-refractivity contribution in [3.63, 3.8) is 0 Å². The lowest BCUT2D eigenvalue weighted by atomic mass is 10.1. The molecule has 0 saturated heterocycles. The number of carbonyl (C=O) groups is 1. The van der Waals surface area contributed by atoms with Crippen LogP contribution in [0.2, 0.25) is 5.02 Å². The van der Waals surface area contributed by atoms with Gasteiger partial charge in [-0.2, -0.15) is 0 Å². The van der Waals surface area contributed by atoms with E-state index in [1.807, 2.05) is 25.1 Å². The van der Waals surface area contributed by atoms with Gasteiger partial charge in [-0.1, -0.05) is 29.8 Å². The fourth-order valence-corrected chi connectivity index (χ4v) is 3.06. The predicted octanol–water partition coefficient (Wildman–Crippen LogP) is 3.37. The molecule has 0 aliphatic carbocycles. The minimum atomic E-state index is -3.39. The topological polar surface area (TPSA) is 66.5 Å². The van der Waals surface area contributed by atoms with E-state index in [0.717, 1.165) is 11.8 Å². The lowest BCUT2D eigenvalue weighted by Gasteiger charge is -2.21. The Morgan fingerprint density at radius 2 is 1.88 bits per heavy atom. The zero-order valence-electron chi connectivity index (χ0n) is 13.5. The van der Waals surface area contributed by atoms with E-state index >= 15 is 0 Å². The third kappa shape index (κ3) is 5.25. The number of rotatable bonds is 6. The Bertz CT molecular complexity index is 837. The van der Waals surface area contributed by atoms with Gasteiger partial charge >= 0.3 is 0 Å². The van der Waals surface area contributed by atoms with Crippen LogP contribution >= 0.6 is 11.6 Å². The van der Waals surface area contributed by atoms with E-state index in [0.29, 0.717) is 29.4 Å². The maximum absolute atomic E-state index is 12.7. The molecule has 0 spiro atoms. The van der Waals surface area contributed by atoms with Crippen molar-refractivity contribution in [2.24, 2.45) is 0 Å². The molecule has 0 aliphatic heterocycles. The number of hydrogen-bond donors (Lipinski definition) is 1. The molecule has 2 rings (SSSR count). The summed E-state index contributed by atoms with van der Waals surface area (Å²) < 4.78 is 25.0. The summed E-state index contributed by atoms with van der Waals surface area (Å²) in [7, 11) is -3.39. The number of benzene rings is 2. The van der Waals surface area contributed by atoms with Gasteiger partial charge in [-0.25, -0.2) is 8.42 Å². The van der Waals surface area contributed by atoms with Crippen molar-refractivity contribution in [2.75, 3.05) is 17.5 Å². The van der Waals surface area contributed by atoms with Gasteiger partial charge in [0.2, 0.25) is 10.0 Å². The minimum Gasteiger partial charge on any atom is -0.335 e. The number of halogens is 1. The molecule has 7 heteroatoms. The highest BCUT2D eigenvalue weighted by atomic mass is 35.5. The zero-order valence-corrected chi connectivity index (χ0v) is 15.1. The second-order valence-corrected chi connectivity index (χ2v) is 7.59. The standard InChI is InChI=1S/C17H19ClN2O3S/c1-3-20(12-13-6-4-8-15(18)10-13)17(21)14-7-5-9-16(11-14)19-24(2,22)23/h4-11,19H,3,12H2,1-2H3. The van der Waals surface area contributed by atoms with Crippen LogP contribution in [0.25, 0.3) is 0 Å². The molecule has 0 aromatic heterocycles. The van der Waals surface area contributed by atoms with Crippen LogP contribution in [-0.4, -0.2) is 32.0 Å². The van der Waals surface area contributed by atoms with E-state index in [2.05, 4.69) is 4.72 Å². The smallest absolute Gasteiger partial charge is 0.254 e. The van der Waals surface area contributed by atoms with Crippen LogP contribution < -0.4 is 4.72 Å². The average Bonchev–Trinajstić information content (AvgIpc) is 2.50. The number of hydrogen-bond acceptors (Lipinski definition) is 3. The molecule has 128 valence electrons. The van der Waals surface area contributed by atoms with E-state index in [-0.39, 0.29) is 5.91 Å². The summed E-state index contributed by atoms with van der Waals surface area (Å²) in [6.07, 6.45) is 1.07. The van der Waals surface area contributed by atoms with Gasteiger partial charge in [-0.3, -0.25) is 9.52 Å². The summed E-state index contributed by atoms with van der Waals surface area (Å²) >= 11 is 5.98. The highest BCUT2D eigenvalue weighted by Gasteiger charge is 2.15. The number of nitrogens with one attached hydrogen (secondary N) is 1. The molecule has 0 fully saturated rings. The van der Waals surface area contributed by atoms with Gasteiger partial charge in [-0.15, -0.1) is 0 Å². The molecule has 0 atom stereocenters. The molecule has 0 radical (unpaired) electrons. The Hall–Kier alpha value is -2.05. The Morgan fingerprint density at radius 3 is 2.50 bits per heavy atom. The van der Waals surface area contributed by atoms with Crippen LogP contribution in [-0.2, 0) is 16.6 Å². The quantitative estimate of drug-likeness (QED) is 0.852. The second-order valence-electron chi connectivity index (χ2n) is 5.40. The summed E-state index contributed by atoms with van der Waals surface area (Å²) in [5.41, 5.74) is 1.72. The van der Waals surface area contributed by atoms with Crippen molar-refractivity contribution in [3.05, 3.63) is 64.7 Å². The maximum atomic E-state index is 12.7. The first-order valence-electron chi connectivity index (χ1n) is 7.40. The molecule has 1 amide bonds. The van der Waals surface area contributed by atoms with Gasteiger partial charge in [0.05, 0.1) is 6.26 Å². The van der Waals surface area contributed by atoms with E-state index in [4.69, 9.17) is 11.6 Å². The fraction of sp³-hybridized carbons (Fsp3) is 0.235. The van der Waals surface area contributed by atoms with Crippen LogP contribution in [0, 0.1) is 0 Å². The van der Waals surface area contributed by atoms with Crippen LogP contribution in [0.4, 0.5) is 5.69 Å². The summed E-state index contributed by atoms with van der Waals surface area (Å²) in [6.45, 7) is 2.84. The molecule has 0 unspecified atom stereocenters. The van der Waals surface area contributed by atoms with Gasteiger partial charge in [-0.05, 0) is 42.8 Å². The van der Waals surface area contributed by atoms with Crippen LogP contribution in [0.15, 0.2) is 48.5 Å². The van der Waals surface area contributed by atoms with Crippen molar-refractivity contribution < 1.29 is 13.2 Å². The van der Waals surface area contributed by atoms with Gasteiger partial charge in [0.15, 0.2) is 0 Å². The number of nitrogens with zero attached hydrogens (tertiary/aromatic N) is 1. The first-order valence-corrected chi connectivity index (χ1v) is 9.67. The molecule has 1 N–H and O–H groups in total. The van der Waals surface area contributed by atoms with Crippen molar-refractivity contribution in [1.82, 2.24) is 4.90 Å². The molecule has 0 bridgehead atoms. The Balaban J connectivity index is 2.20. The lowest BCUT2D eigenvalue weighted by Crippen LogP contribution is -2.30. The molecule has 5 nitrogen and oxygen atoms in total. The SMILES string of the molecule is CCN(Cc1cccc(Cl)c1)C(=O)c1cccc(NS(C)(=O)=O)c1. The maximum Gasteiger partial charge on any atom is 0.254 e. The monoisotopic (exact) mass is 366 g/mol. The molecule has 24 heavy (non-hydrogen) atoms. The van der Waals surface area contributed by atoms with Gasteiger partial charge in [0.25, 0.3) is 5.91 Å². The van der Waals surface area contributed by atoms with Crippen LogP contribution in [0.3, 0.4) is 0 Å². The number of anilines is 1. The average molecular weight is 367 g/mol. The normalized spacial score (nSPS) is 11.1. The van der Waals surface area contributed by atoms with Gasteiger partial charge in [0.1, 0.15) is 0 Å². The highest BCUT2D eigenvalue weighted by Crippen LogP contribution is 2.17. The molecular formula is C17H19ClN2O3S. The molecule has 0 saturated carbocycles. The third-order valence-corrected chi connectivity index (χ3v) is 4.19. The molecular weight excluding hydrogens is 348 g/mol. The number of carbonyl (C=O) groups excluding carboxylic acids is 1. The third-order valence-electron chi connectivity index (χ3n) is 3.34. The predicted molar refractivity (Wildman–Crippen MR) is 96.8 cm³/mol. The Kier molecular flexibility index (Phi) is 5.85. The minimum absolute atomic E-state index is 0.172. The van der Waals surface area contributed by atoms with E-state index in [9.17, 15) is 13.2 Å². The van der Waals surface area contributed by atoms with E-state index in [1.54, 1.807) is 29.2 Å². The summed E-state index contributed by atoms with van der Waals surface area (Å²) in [5.74, 6) is -0.172. The van der Waals surface area contributed by atoms with Crippen molar-refractivity contribution in [3.8, 4) is 0 Å². The fourth-order valence-electron chi connectivity index (χ4n) is 2.30. The van der Waals surface area contributed by atoms with E-state index in [1.165, 1.54) is 6.07 Å². The first-order chi connectivity index (χ1) is 11.3. The van der Waals surface area contributed by atoms with Gasteiger partial charge < -0.3 is 4.90 Å². The van der Waals surface area contributed by atoms with Crippen molar-refractivity contribution in [2.45, 2.75) is 13.5 Å². The van der Waals surface area contributed by atoms with Gasteiger partial charge in [0, 0.05) is 29.4 Å². The van der Waals surface area contributed by atoms with Crippen LogP contribution in [0.5, 0.6) is 0 Å². The summed E-state index contributed by atoms with van der Waals surface area (Å²) in [4.78, 5) is 14.4. The van der Waals surface area contributed by atoms with Crippen LogP contribution in [0.1, 0.15) is 22.8 Å². The summed E-state index contributed by atoms with van der Waals surface area (Å²) in [5, 5.41) is 0.621. The number of sulfonamides is 1. The summed E-state index contributed by atoms with van der Waals surface area (Å²) in [6, 6.07) is 13.8. The molecule has 0 aliphatic rings. The largest absolute Gasteiger partial charge is 0.335 e. The Morgan fingerprint density at radius 1 is 1.17 bits per heavy atom. The van der Waals surface area contributed by atoms with Crippen molar-refractivity contribution >= 4 is 33.2 Å². The molecule has 0 heterocycles. The molecule has 2 aromatic carbocycles. The molecule has 2 aromatic rings. The second kappa shape index (κ2) is 7.68. The number of amides is 1. The van der Waals surface area contributed by atoms with E-state index < -0.39 is 10.0 Å². The highest BCUT2D eigenvalue weighted by molar-refractivity contribution is 7.92. The lowest BCUT2D eigenvalue weighted by molar-refractivity contribution is 0.0752. The van der Waals surface area contributed by atoms with Crippen molar-refractivity contribution in [1.29, 1.82) is 0 Å². The first kappa shape index (κ1) is 18.3. The Labute approximate surface area is 147 Å². The zero-order chi connectivity index (χ0) is 17.7.